The van der Waals surface area contributed by atoms with Gasteiger partial charge in [-0.3, -0.25) is 4.79 Å². The first-order chi connectivity index (χ1) is 12.9. The molecule has 6 nitrogen and oxygen atoms in total. The number of nitrogens with one attached hydrogen (secondary N) is 2. The van der Waals surface area contributed by atoms with Gasteiger partial charge >= 0.3 is 0 Å². The summed E-state index contributed by atoms with van der Waals surface area (Å²) in [7, 11) is -2.33. The molecule has 3 aromatic carbocycles. The molecule has 27 heavy (non-hydrogen) atoms. The van der Waals surface area contributed by atoms with Gasteiger partial charge in [-0.1, -0.05) is 36.4 Å². The number of methoxy groups -OCH3 is 1. The van der Waals surface area contributed by atoms with E-state index in [0.717, 1.165) is 10.8 Å². The number of hydrogen-bond donors (Lipinski definition) is 2. The molecule has 3 rings (SSSR count). The number of sulfonamides is 1. The number of benzene rings is 3. The fourth-order valence-corrected chi connectivity index (χ4v) is 3.89. The number of fused-ring (bicyclic) bond motifs is 1. The number of rotatable bonds is 6. The summed E-state index contributed by atoms with van der Waals surface area (Å²) in [5, 5.41) is 4.67. The maximum absolute atomic E-state index is 12.5. The third-order valence-corrected chi connectivity index (χ3v) is 5.70. The highest BCUT2D eigenvalue weighted by Crippen LogP contribution is 2.23. The van der Waals surface area contributed by atoms with Crippen LogP contribution >= 0.6 is 0 Å². The lowest BCUT2D eigenvalue weighted by Gasteiger charge is -2.15. The average molecular weight is 384 g/mol. The molecule has 0 fully saturated rings. The predicted molar refractivity (Wildman–Crippen MR) is 105 cm³/mol. The molecule has 140 valence electrons. The Morgan fingerprint density at radius 1 is 0.963 bits per heavy atom. The molecule has 1 atom stereocenters. The standard InChI is InChI=1S/C20H20N2O4S/c1-14(22-27(24,25)17-12-10-16(26-2)11-13-17)20(23)21-19-9-5-7-15-6-3-4-8-18(15)19/h3-14,22H,1-2H3,(H,21,23)/t14-/m1/s1. The fourth-order valence-electron chi connectivity index (χ4n) is 2.68. The maximum Gasteiger partial charge on any atom is 0.242 e. The van der Waals surface area contributed by atoms with E-state index in [9.17, 15) is 13.2 Å². The molecule has 3 aromatic rings. The molecule has 1 amide bonds. The Morgan fingerprint density at radius 3 is 2.33 bits per heavy atom. The van der Waals surface area contributed by atoms with Crippen molar-refractivity contribution in [2.24, 2.45) is 0 Å². The van der Waals surface area contributed by atoms with E-state index in [1.165, 1.54) is 26.2 Å². The van der Waals surface area contributed by atoms with Crippen LogP contribution in [0.2, 0.25) is 0 Å². The van der Waals surface area contributed by atoms with Gasteiger partial charge in [0.15, 0.2) is 0 Å². The van der Waals surface area contributed by atoms with Gasteiger partial charge in [0.25, 0.3) is 0 Å². The average Bonchev–Trinajstić information content (AvgIpc) is 2.68. The first-order valence-electron chi connectivity index (χ1n) is 8.36. The molecule has 0 aliphatic carbocycles. The second-order valence-corrected chi connectivity index (χ2v) is 7.75. The summed E-state index contributed by atoms with van der Waals surface area (Å²) < 4.78 is 32.4. The van der Waals surface area contributed by atoms with Crippen LogP contribution in [0.25, 0.3) is 10.8 Å². The monoisotopic (exact) mass is 384 g/mol. The van der Waals surface area contributed by atoms with Gasteiger partial charge in [0.1, 0.15) is 5.75 Å². The number of carbonyl (C=O) groups is 1. The lowest BCUT2D eigenvalue weighted by molar-refractivity contribution is -0.117. The van der Waals surface area contributed by atoms with Gasteiger partial charge in [0, 0.05) is 11.1 Å². The van der Waals surface area contributed by atoms with Gasteiger partial charge in [-0.15, -0.1) is 0 Å². The molecule has 0 saturated carbocycles. The number of carbonyl (C=O) groups excluding carboxylic acids is 1. The van der Waals surface area contributed by atoms with E-state index in [-0.39, 0.29) is 4.90 Å². The molecule has 0 unspecified atom stereocenters. The van der Waals surface area contributed by atoms with Gasteiger partial charge in [0.05, 0.1) is 18.0 Å². The van der Waals surface area contributed by atoms with E-state index in [0.29, 0.717) is 11.4 Å². The highest BCUT2D eigenvalue weighted by atomic mass is 32.2. The Balaban J connectivity index is 1.74. The SMILES string of the molecule is COc1ccc(S(=O)(=O)N[C@H](C)C(=O)Nc2cccc3ccccc23)cc1. The van der Waals surface area contributed by atoms with Crippen LogP contribution in [0.15, 0.2) is 71.6 Å². The van der Waals surface area contributed by atoms with Gasteiger partial charge in [0.2, 0.25) is 15.9 Å². The molecule has 0 aromatic heterocycles. The van der Waals surface area contributed by atoms with Gasteiger partial charge in [-0.05, 0) is 42.6 Å². The second-order valence-electron chi connectivity index (χ2n) is 6.03. The zero-order chi connectivity index (χ0) is 19.4. The normalized spacial score (nSPS) is 12.5. The number of anilines is 1. The van der Waals surface area contributed by atoms with Crippen molar-refractivity contribution in [2.45, 2.75) is 17.9 Å². The number of amides is 1. The Kier molecular flexibility index (Phi) is 5.43. The van der Waals surface area contributed by atoms with Crippen LogP contribution in [0.4, 0.5) is 5.69 Å². The lowest BCUT2D eigenvalue weighted by atomic mass is 10.1. The minimum atomic E-state index is -3.83. The van der Waals surface area contributed by atoms with Crippen molar-refractivity contribution < 1.29 is 17.9 Å². The van der Waals surface area contributed by atoms with Gasteiger partial charge < -0.3 is 10.1 Å². The van der Waals surface area contributed by atoms with E-state index in [4.69, 9.17) is 4.74 Å². The summed E-state index contributed by atoms with van der Waals surface area (Å²) >= 11 is 0. The number of hydrogen-bond acceptors (Lipinski definition) is 4. The second kappa shape index (κ2) is 7.77. The lowest BCUT2D eigenvalue weighted by Crippen LogP contribution is -2.41. The fraction of sp³-hybridized carbons (Fsp3) is 0.150. The molecular formula is C20H20N2O4S. The third-order valence-electron chi connectivity index (χ3n) is 4.14. The Bertz CT molecular complexity index is 1060. The van der Waals surface area contributed by atoms with Crippen molar-refractivity contribution in [3.8, 4) is 5.75 Å². The van der Waals surface area contributed by atoms with Crippen molar-refractivity contribution in [1.29, 1.82) is 0 Å². The molecule has 2 N–H and O–H groups in total. The quantitative estimate of drug-likeness (QED) is 0.684. The van der Waals surface area contributed by atoms with E-state index >= 15 is 0 Å². The van der Waals surface area contributed by atoms with Gasteiger partial charge in [-0.25, -0.2) is 8.42 Å². The van der Waals surface area contributed by atoms with Crippen LogP contribution in [0, 0.1) is 0 Å². The van der Waals surface area contributed by atoms with Crippen molar-refractivity contribution in [3.05, 3.63) is 66.7 Å². The molecule has 0 aliphatic heterocycles. The van der Waals surface area contributed by atoms with Crippen molar-refractivity contribution in [3.63, 3.8) is 0 Å². The zero-order valence-corrected chi connectivity index (χ0v) is 15.8. The highest BCUT2D eigenvalue weighted by molar-refractivity contribution is 7.89. The topological polar surface area (TPSA) is 84.5 Å². The third kappa shape index (κ3) is 4.27. The van der Waals surface area contributed by atoms with Crippen molar-refractivity contribution in [1.82, 2.24) is 4.72 Å². The summed E-state index contributed by atoms with van der Waals surface area (Å²) in [5.41, 5.74) is 0.633. The largest absolute Gasteiger partial charge is 0.497 e. The van der Waals surface area contributed by atoms with Crippen molar-refractivity contribution >= 4 is 32.4 Å². The van der Waals surface area contributed by atoms with E-state index in [2.05, 4.69) is 10.0 Å². The van der Waals surface area contributed by atoms with Crippen LogP contribution < -0.4 is 14.8 Å². The van der Waals surface area contributed by atoms with Crippen LogP contribution in [-0.4, -0.2) is 27.5 Å². The van der Waals surface area contributed by atoms with Crippen LogP contribution in [-0.2, 0) is 14.8 Å². The van der Waals surface area contributed by atoms with E-state index in [1.807, 2.05) is 36.4 Å². The summed E-state index contributed by atoms with van der Waals surface area (Å²) in [6.07, 6.45) is 0. The van der Waals surface area contributed by atoms with Crippen molar-refractivity contribution in [2.75, 3.05) is 12.4 Å². The first-order valence-corrected chi connectivity index (χ1v) is 9.84. The van der Waals surface area contributed by atoms with Gasteiger partial charge in [-0.2, -0.15) is 4.72 Å². The molecule has 0 aliphatic rings. The molecule has 0 bridgehead atoms. The minimum absolute atomic E-state index is 0.0631. The van der Waals surface area contributed by atoms with Crippen LogP contribution in [0.3, 0.4) is 0 Å². The summed E-state index contributed by atoms with van der Waals surface area (Å²) in [6, 6.07) is 18.2. The molecule has 0 saturated heterocycles. The molecular weight excluding hydrogens is 364 g/mol. The number of ether oxygens (including phenoxy) is 1. The zero-order valence-electron chi connectivity index (χ0n) is 15.0. The summed E-state index contributed by atoms with van der Waals surface area (Å²) in [4.78, 5) is 12.6. The van der Waals surface area contributed by atoms with E-state index < -0.39 is 22.0 Å². The molecule has 0 radical (unpaired) electrons. The Labute approximate surface area is 158 Å². The minimum Gasteiger partial charge on any atom is -0.497 e. The molecule has 0 spiro atoms. The van der Waals surface area contributed by atoms with Crippen LogP contribution in [0.5, 0.6) is 5.75 Å². The molecule has 7 heteroatoms. The first kappa shape index (κ1) is 18.9. The smallest absolute Gasteiger partial charge is 0.242 e. The Hall–Kier alpha value is -2.90. The molecule has 0 heterocycles. The van der Waals surface area contributed by atoms with E-state index in [1.54, 1.807) is 18.2 Å². The highest BCUT2D eigenvalue weighted by Gasteiger charge is 2.22. The van der Waals surface area contributed by atoms with Crippen LogP contribution in [0.1, 0.15) is 6.92 Å². The maximum atomic E-state index is 12.5. The summed E-state index contributed by atoms with van der Waals surface area (Å²) in [5.74, 6) is 0.110. The predicted octanol–water partition coefficient (Wildman–Crippen LogP) is 3.15. The summed E-state index contributed by atoms with van der Waals surface area (Å²) in [6.45, 7) is 1.50. The Morgan fingerprint density at radius 2 is 1.63 bits per heavy atom.